The lowest BCUT2D eigenvalue weighted by molar-refractivity contribution is -0.138. The second-order valence-corrected chi connectivity index (χ2v) is 3.14. The van der Waals surface area contributed by atoms with Crippen LogP contribution in [0.1, 0.15) is 19.8 Å². The first kappa shape index (κ1) is 13.4. The minimum absolute atomic E-state index is 0.214. The number of hydrogen-bond donors (Lipinski definition) is 4. The molecule has 6 N–H and O–H groups in total. The van der Waals surface area contributed by atoms with Crippen LogP contribution in [-0.4, -0.2) is 40.4 Å². The summed E-state index contributed by atoms with van der Waals surface area (Å²) in [4.78, 5) is 22.4. The first-order chi connectivity index (χ1) is 6.86. The van der Waals surface area contributed by atoms with Gasteiger partial charge in [0.1, 0.15) is 6.04 Å². The molecule has 0 saturated carbocycles. The number of carbonyl (C=O) groups excluding carboxylic acids is 1. The molecule has 0 radical (unpaired) electrons. The van der Waals surface area contributed by atoms with Gasteiger partial charge in [-0.25, -0.2) is 0 Å². The zero-order chi connectivity index (χ0) is 12.0. The lowest BCUT2D eigenvalue weighted by atomic mass is 10.1. The molecule has 0 aliphatic heterocycles. The van der Waals surface area contributed by atoms with Crippen molar-refractivity contribution in [1.82, 2.24) is 4.90 Å². The van der Waals surface area contributed by atoms with Gasteiger partial charge in [-0.1, -0.05) is 0 Å². The zero-order valence-electron chi connectivity index (χ0n) is 8.56. The lowest BCUT2D eigenvalue weighted by Gasteiger charge is -2.18. The normalized spacial score (nSPS) is 11.9. The molecule has 0 aromatic heterocycles. The second kappa shape index (κ2) is 5.97. The SMILES string of the molecule is CC(=O)N(CCC[C@H](N)C(=O)O)C(=N)N. The van der Waals surface area contributed by atoms with Gasteiger partial charge in [-0.15, -0.1) is 0 Å². The number of hydrogen-bond acceptors (Lipinski definition) is 4. The smallest absolute Gasteiger partial charge is 0.320 e. The summed E-state index contributed by atoms with van der Waals surface area (Å²) in [5, 5.41) is 15.6. The average Bonchev–Trinajstić information content (AvgIpc) is 2.10. The van der Waals surface area contributed by atoms with Gasteiger partial charge in [-0.05, 0) is 12.8 Å². The number of guanidine groups is 1. The maximum absolute atomic E-state index is 11.0. The van der Waals surface area contributed by atoms with Crippen LogP contribution in [0.25, 0.3) is 0 Å². The van der Waals surface area contributed by atoms with E-state index in [9.17, 15) is 9.59 Å². The Kier molecular flexibility index (Phi) is 5.32. The minimum atomic E-state index is -1.08. The molecular formula is C8H16N4O3. The summed E-state index contributed by atoms with van der Waals surface area (Å²) in [6.07, 6.45) is 0.638. The quantitative estimate of drug-likeness (QED) is 0.342. The maximum atomic E-state index is 11.0. The number of carbonyl (C=O) groups is 2. The molecule has 0 spiro atoms. The van der Waals surface area contributed by atoms with Gasteiger partial charge >= 0.3 is 5.97 Å². The van der Waals surface area contributed by atoms with Gasteiger partial charge in [0.15, 0.2) is 5.96 Å². The van der Waals surface area contributed by atoms with Crippen molar-refractivity contribution < 1.29 is 14.7 Å². The van der Waals surface area contributed by atoms with Crippen LogP contribution in [0.2, 0.25) is 0 Å². The highest BCUT2D eigenvalue weighted by molar-refractivity contribution is 5.93. The predicted molar refractivity (Wildman–Crippen MR) is 54.1 cm³/mol. The molecule has 0 fully saturated rings. The number of aliphatic carboxylic acids is 1. The first-order valence-electron chi connectivity index (χ1n) is 4.46. The van der Waals surface area contributed by atoms with E-state index in [1.807, 2.05) is 0 Å². The van der Waals surface area contributed by atoms with E-state index in [1.165, 1.54) is 6.92 Å². The summed E-state index contributed by atoms with van der Waals surface area (Å²) in [6.45, 7) is 1.50. The lowest BCUT2D eigenvalue weighted by Crippen LogP contribution is -2.41. The van der Waals surface area contributed by atoms with Gasteiger partial charge in [0.05, 0.1) is 0 Å². The Hall–Kier alpha value is -1.63. The summed E-state index contributed by atoms with van der Waals surface area (Å²) in [7, 11) is 0. The van der Waals surface area contributed by atoms with Crippen molar-refractivity contribution in [1.29, 1.82) is 5.41 Å². The molecule has 7 nitrogen and oxygen atoms in total. The number of carboxylic acids is 1. The van der Waals surface area contributed by atoms with Crippen molar-refractivity contribution >= 4 is 17.8 Å². The van der Waals surface area contributed by atoms with E-state index in [0.717, 1.165) is 4.90 Å². The number of nitrogens with one attached hydrogen (secondary N) is 1. The van der Waals surface area contributed by atoms with E-state index in [1.54, 1.807) is 0 Å². The van der Waals surface area contributed by atoms with Crippen molar-refractivity contribution in [2.24, 2.45) is 11.5 Å². The third-order valence-corrected chi connectivity index (χ3v) is 1.88. The van der Waals surface area contributed by atoms with Crippen LogP contribution in [0.5, 0.6) is 0 Å². The highest BCUT2D eigenvalue weighted by Gasteiger charge is 2.14. The number of carboxylic acid groups (broad SMARTS) is 1. The molecule has 0 aromatic rings. The van der Waals surface area contributed by atoms with Crippen LogP contribution < -0.4 is 11.5 Å². The number of nitrogens with two attached hydrogens (primary N) is 2. The molecule has 0 bridgehead atoms. The van der Waals surface area contributed by atoms with E-state index in [2.05, 4.69) is 0 Å². The number of rotatable bonds is 5. The topological polar surface area (TPSA) is 134 Å². The van der Waals surface area contributed by atoms with Crippen LogP contribution in [0.15, 0.2) is 0 Å². The standard InChI is InChI=1S/C8H16N4O3/c1-5(13)12(8(10)11)4-2-3-6(9)7(14)15/h6H,2-4,9H2,1H3,(H3,10,11)(H,14,15)/t6-/m0/s1. The molecule has 0 aromatic carbocycles. The molecule has 0 rings (SSSR count). The minimum Gasteiger partial charge on any atom is -0.480 e. The fourth-order valence-electron chi connectivity index (χ4n) is 1.04. The Balaban J connectivity index is 3.97. The first-order valence-corrected chi connectivity index (χ1v) is 4.46. The number of amides is 1. The van der Waals surface area contributed by atoms with Gasteiger partial charge < -0.3 is 16.6 Å². The van der Waals surface area contributed by atoms with Crippen LogP contribution in [0, 0.1) is 5.41 Å². The Morgan fingerprint density at radius 3 is 2.40 bits per heavy atom. The van der Waals surface area contributed by atoms with Crippen molar-refractivity contribution in [3.05, 3.63) is 0 Å². The predicted octanol–water partition coefficient (Wildman–Crippen LogP) is -1.08. The molecule has 0 aliphatic rings. The molecule has 86 valence electrons. The van der Waals surface area contributed by atoms with E-state index in [4.69, 9.17) is 22.0 Å². The third kappa shape index (κ3) is 4.96. The van der Waals surface area contributed by atoms with Crippen LogP contribution >= 0.6 is 0 Å². The van der Waals surface area contributed by atoms with Gasteiger partial charge in [-0.3, -0.25) is 19.9 Å². The average molecular weight is 216 g/mol. The van der Waals surface area contributed by atoms with Crippen molar-refractivity contribution in [2.45, 2.75) is 25.8 Å². The largest absolute Gasteiger partial charge is 0.480 e. The maximum Gasteiger partial charge on any atom is 0.320 e. The molecule has 0 unspecified atom stereocenters. The highest BCUT2D eigenvalue weighted by atomic mass is 16.4. The fraction of sp³-hybridized carbons (Fsp3) is 0.625. The van der Waals surface area contributed by atoms with Crippen LogP contribution in [-0.2, 0) is 9.59 Å². The van der Waals surface area contributed by atoms with Crippen LogP contribution in [0.3, 0.4) is 0 Å². The summed E-state index contributed by atoms with van der Waals surface area (Å²) in [5.74, 6) is -1.76. The van der Waals surface area contributed by atoms with Crippen molar-refractivity contribution in [3.63, 3.8) is 0 Å². The summed E-state index contributed by atoms with van der Waals surface area (Å²) >= 11 is 0. The van der Waals surface area contributed by atoms with E-state index in [0.29, 0.717) is 6.42 Å². The monoisotopic (exact) mass is 216 g/mol. The van der Waals surface area contributed by atoms with E-state index in [-0.39, 0.29) is 24.8 Å². The highest BCUT2D eigenvalue weighted by Crippen LogP contribution is 1.98. The molecule has 1 atom stereocenters. The Morgan fingerprint density at radius 2 is 2.07 bits per heavy atom. The molecule has 0 saturated heterocycles. The summed E-state index contributed by atoms with van der Waals surface area (Å²) in [6, 6.07) is -0.939. The van der Waals surface area contributed by atoms with Gasteiger partial charge in [0.25, 0.3) is 0 Å². The van der Waals surface area contributed by atoms with Gasteiger partial charge in [-0.2, -0.15) is 0 Å². The molecule has 0 aliphatic carbocycles. The molecular weight excluding hydrogens is 200 g/mol. The molecule has 1 amide bonds. The zero-order valence-corrected chi connectivity index (χ0v) is 8.56. The fourth-order valence-corrected chi connectivity index (χ4v) is 1.04. The van der Waals surface area contributed by atoms with Gasteiger partial charge in [0.2, 0.25) is 5.91 Å². The Labute approximate surface area is 87.5 Å². The van der Waals surface area contributed by atoms with E-state index >= 15 is 0 Å². The third-order valence-electron chi connectivity index (χ3n) is 1.88. The van der Waals surface area contributed by atoms with E-state index < -0.39 is 12.0 Å². The molecule has 0 heterocycles. The number of nitrogens with zero attached hydrogens (tertiary/aromatic N) is 1. The van der Waals surface area contributed by atoms with Crippen molar-refractivity contribution in [2.75, 3.05) is 6.54 Å². The second-order valence-electron chi connectivity index (χ2n) is 3.14. The van der Waals surface area contributed by atoms with Gasteiger partial charge in [0, 0.05) is 13.5 Å². The van der Waals surface area contributed by atoms with Crippen LogP contribution in [0.4, 0.5) is 0 Å². The summed E-state index contributed by atoms with van der Waals surface area (Å²) in [5.41, 5.74) is 10.4. The summed E-state index contributed by atoms with van der Waals surface area (Å²) < 4.78 is 0. The van der Waals surface area contributed by atoms with Crippen molar-refractivity contribution in [3.8, 4) is 0 Å². The Morgan fingerprint density at radius 1 is 1.53 bits per heavy atom. The molecule has 7 heteroatoms. The molecule has 15 heavy (non-hydrogen) atoms. The Bertz CT molecular complexity index is 253.